The minimum atomic E-state index is 0.287. The van der Waals surface area contributed by atoms with Gasteiger partial charge in [0.25, 0.3) is 0 Å². The predicted octanol–water partition coefficient (Wildman–Crippen LogP) is 2.41. The van der Waals surface area contributed by atoms with Crippen molar-refractivity contribution in [1.82, 2.24) is 10.2 Å². The molecule has 0 rings (SSSR count). The summed E-state index contributed by atoms with van der Waals surface area (Å²) in [6, 6.07) is 0.577. The van der Waals surface area contributed by atoms with Gasteiger partial charge in [-0.3, -0.25) is 4.79 Å². The lowest BCUT2D eigenvalue weighted by atomic mass is 10.2. The highest BCUT2D eigenvalue weighted by Crippen LogP contribution is 1.99. The fourth-order valence-corrected chi connectivity index (χ4v) is 1.86. The number of hydrogen-bond acceptors (Lipinski definition) is 2. The molecule has 1 amide bonds. The molecule has 0 spiro atoms. The topological polar surface area (TPSA) is 32.3 Å². The Hall–Kier alpha value is -0.570. The SMILES string of the molecule is CCCC(C)NCCCC(=O)N(CC)CC. The first-order chi connectivity index (χ1) is 7.65. The van der Waals surface area contributed by atoms with E-state index in [4.69, 9.17) is 0 Å². The lowest BCUT2D eigenvalue weighted by molar-refractivity contribution is -0.130. The van der Waals surface area contributed by atoms with Crippen LogP contribution in [0.4, 0.5) is 0 Å². The van der Waals surface area contributed by atoms with Crippen LogP contribution in [0.3, 0.4) is 0 Å². The van der Waals surface area contributed by atoms with Crippen molar-refractivity contribution in [3.05, 3.63) is 0 Å². The van der Waals surface area contributed by atoms with E-state index in [1.807, 2.05) is 18.7 Å². The van der Waals surface area contributed by atoms with Crippen molar-refractivity contribution in [2.45, 2.75) is 59.4 Å². The Bertz CT molecular complexity index is 179. The van der Waals surface area contributed by atoms with Gasteiger partial charge >= 0.3 is 0 Å². The zero-order valence-electron chi connectivity index (χ0n) is 11.4. The number of rotatable bonds is 9. The van der Waals surface area contributed by atoms with Crippen LogP contribution >= 0.6 is 0 Å². The van der Waals surface area contributed by atoms with Crippen LogP contribution in [0.15, 0.2) is 0 Å². The molecule has 3 heteroatoms. The van der Waals surface area contributed by atoms with Crippen molar-refractivity contribution in [2.75, 3.05) is 19.6 Å². The number of hydrogen-bond donors (Lipinski definition) is 1. The zero-order valence-corrected chi connectivity index (χ0v) is 11.4. The smallest absolute Gasteiger partial charge is 0.222 e. The molecule has 0 fully saturated rings. The van der Waals surface area contributed by atoms with E-state index in [1.165, 1.54) is 12.8 Å². The molecule has 0 radical (unpaired) electrons. The summed E-state index contributed by atoms with van der Waals surface area (Å²) in [4.78, 5) is 13.6. The molecule has 1 unspecified atom stereocenters. The number of nitrogens with one attached hydrogen (secondary N) is 1. The fourth-order valence-electron chi connectivity index (χ4n) is 1.86. The molecule has 0 saturated heterocycles. The molecule has 0 heterocycles. The van der Waals surface area contributed by atoms with Gasteiger partial charge in [-0.2, -0.15) is 0 Å². The molecule has 0 aliphatic rings. The highest BCUT2D eigenvalue weighted by Gasteiger charge is 2.08. The maximum absolute atomic E-state index is 11.7. The molecule has 16 heavy (non-hydrogen) atoms. The summed E-state index contributed by atoms with van der Waals surface area (Å²) in [5.74, 6) is 0.287. The highest BCUT2D eigenvalue weighted by atomic mass is 16.2. The average molecular weight is 228 g/mol. The van der Waals surface area contributed by atoms with Gasteiger partial charge < -0.3 is 10.2 Å². The third-order valence-corrected chi connectivity index (χ3v) is 2.90. The standard InChI is InChI=1S/C13H28N2O/c1-5-9-12(4)14-11-8-10-13(16)15(6-2)7-3/h12,14H,5-11H2,1-4H3. The average Bonchev–Trinajstić information content (AvgIpc) is 2.26. The van der Waals surface area contributed by atoms with E-state index in [9.17, 15) is 4.79 Å². The van der Waals surface area contributed by atoms with Crippen molar-refractivity contribution >= 4 is 5.91 Å². The van der Waals surface area contributed by atoms with Crippen molar-refractivity contribution in [2.24, 2.45) is 0 Å². The summed E-state index contributed by atoms with van der Waals surface area (Å²) >= 11 is 0. The maximum Gasteiger partial charge on any atom is 0.222 e. The van der Waals surface area contributed by atoms with Gasteiger partial charge in [0.15, 0.2) is 0 Å². The molecule has 3 nitrogen and oxygen atoms in total. The predicted molar refractivity (Wildman–Crippen MR) is 69.5 cm³/mol. The third-order valence-electron chi connectivity index (χ3n) is 2.90. The summed E-state index contributed by atoms with van der Waals surface area (Å²) in [5.41, 5.74) is 0. The summed E-state index contributed by atoms with van der Waals surface area (Å²) in [6.07, 6.45) is 4.05. The molecular formula is C13H28N2O. The second-order valence-electron chi connectivity index (χ2n) is 4.31. The summed E-state index contributed by atoms with van der Waals surface area (Å²) in [7, 11) is 0. The third kappa shape index (κ3) is 6.83. The van der Waals surface area contributed by atoms with Crippen LogP contribution in [-0.4, -0.2) is 36.5 Å². The molecule has 0 aliphatic heterocycles. The van der Waals surface area contributed by atoms with E-state index in [0.717, 1.165) is 26.1 Å². The normalized spacial score (nSPS) is 12.5. The first-order valence-corrected chi connectivity index (χ1v) is 6.66. The molecule has 1 atom stereocenters. The lowest BCUT2D eigenvalue weighted by Crippen LogP contribution is -2.32. The van der Waals surface area contributed by atoms with Gasteiger partial charge in [-0.15, -0.1) is 0 Å². The van der Waals surface area contributed by atoms with Gasteiger partial charge in [-0.1, -0.05) is 13.3 Å². The number of carbonyl (C=O) groups is 1. The van der Waals surface area contributed by atoms with Crippen LogP contribution < -0.4 is 5.32 Å². The molecular weight excluding hydrogens is 200 g/mol. The second kappa shape index (κ2) is 9.64. The van der Waals surface area contributed by atoms with E-state index >= 15 is 0 Å². The van der Waals surface area contributed by atoms with Crippen molar-refractivity contribution in [3.63, 3.8) is 0 Å². The van der Waals surface area contributed by atoms with Crippen molar-refractivity contribution < 1.29 is 4.79 Å². The van der Waals surface area contributed by atoms with E-state index in [1.54, 1.807) is 0 Å². The highest BCUT2D eigenvalue weighted by molar-refractivity contribution is 5.76. The van der Waals surface area contributed by atoms with Crippen molar-refractivity contribution in [3.8, 4) is 0 Å². The monoisotopic (exact) mass is 228 g/mol. The van der Waals surface area contributed by atoms with Gasteiger partial charge in [0.1, 0.15) is 0 Å². The molecule has 0 aromatic rings. The van der Waals surface area contributed by atoms with Crippen LogP contribution in [0.2, 0.25) is 0 Å². The van der Waals surface area contributed by atoms with Gasteiger partial charge in [0.05, 0.1) is 0 Å². The van der Waals surface area contributed by atoms with E-state index in [-0.39, 0.29) is 5.91 Å². The lowest BCUT2D eigenvalue weighted by Gasteiger charge is -2.19. The molecule has 0 bridgehead atoms. The number of amides is 1. The van der Waals surface area contributed by atoms with Crippen LogP contribution in [0.1, 0.15) is 53.4 Å². The summed E-state index contributed by atoms with van der Waals surface area (Å²) in [6.45, 7) is 11.1. The Labute approximate surface area is 101 Å². The van der Waals surface area contributed by atoms with Gasteiger partial charge in [0.2, 0.25) is 5.91 Å². The van der Waals surface area contributed by atoms with E-state index < -0.39 is 0 Å². The van der Waals surface area contributed by atoms with Gasteiger partial charge in [0, 0.05) is 25.6 Å². The van der Waals surface area contributed by atoms with E-state index in [2.05, 4.69) is 19.2 Å². The maximum atomic E-state index is 11.7. The Morgan fingerprint density at radius 1 is 1.25 bits per heavy atom. The Kier molecular flexibility index (Phi) is 9.30. The summed E-state index contributed by atoms with van der Waals surface area (Å²) in [5, 5.41) is 3.44. The molecule has 0 saturated carbocycles. The largest absolute Gasteiger partial charge is 0.343 e. The Morgan fingerprint density at radius 2 is 1.88 bits per heavy atom. The zero-order chi connectivity index (χ0) is 12.4. The Morgan fingerprint density at radius 3 is 2.38 bits per heavy atom. The molecule has 1 N–H and O–H groups in total. The molecule has 0 aliphatic carbocycles. The van der Waals surface area contributed by atoms with Crippen LogP contribution in [0.5, 0.6) is 0 Å². The quantitative estimate of drug-likeness (QED) is 0.615. The van der Waals surface area contributed by atoms with E-state index in [0.29, 0.717) is 12.5 Å². The first kappa shape index (κ1) is 15.4. The minimum absolute atomic E-state index is 0.287. The van der Waals surface area contributed by atoms with Crippen LogP contribution in [0.25, 0.3) is 0 Å². The number of carbonyl (C=O) groups excluding carboxylic acids is 1. The first-order valence-electron chi connectivity index (χ1n) is 6.66. The van der Waals surface area contributed by atoms with Gasteiger partial charge in [-0.25, -0.2) is 0 Å². The Balaban J connectivity index is 3.54. The summed E-state index contributed by atoms with van der Waals surface area (Å²) < 4.78 is 0. The molecule has 96 valence electrons. The van der Waals surface area contributed by atoms with Crippen LogP contribution in [0, 0.1) is 0 Å². The second-order valence-corrected chi connectivity index (χ2v) is 4.31. The fraction of sp³-hybridized carbons (Fsp3) is 0.923. The van der Waals surface area contributed by atoms with Crippen LogP contribution in [-0.2, 0) is 4.79 Å². The molecule has 0 aromatic heterocycles. The number of nitrogens with zero attached hydrogens (tertiary/aromatic N) is 1. The van der Waals surface area contributed by atoms with Gasteiger partial charge in [-0.05, 0) is 40.2 Å². The van der Waals surface area contributed by atoms with Crippen molar-refractivity contribution in [1.29, 1.82) is 0 Å². The minimum Gasteiger partial charge on any atom is -0.343 e. The molecule has 0 aromatic carbocycles.